The number of anilines is 1. The Labute approximate surface area is 171 Å². The number of nitrogens with zero attached hydrogens (tertiary/aromatic N) is 2. The lowest BCUT2D eigenvalue weighted by molar-refractivity contribution is 0.0853. The highest BCUT2D eigenvalue weighted by Crippen LogP contribution is 2.34. The number of hydrogen-bond donors (Lipinski definition) is 1. The van der Waals surface area contributed by atoms with E-state index < -0.39 is 0 Å². The Balaban J connectivity index is 1.46. The van der Waals surface area contributed by atoms with Gasteiger partial charge in [0.1, 0.15) is 5.69 Å². The van der Waals surface area contributed by atoms with Crippen molar-refractivity contribution in [3.8, 4) is 11.5 Å². The van der Waals surface area contributed by atoms with Crippen LogP contribution < -0.4 is 19.7 Å². The highest BCUT2D eigenvalue weighted by molar-refractivity contribution is 5.93. The van der Waals surface area contributed by atoms with Crippen LogP contribution >= 0.6 is 0 Å². The SMILES string of the molecule is COc1cc2c(cc1OC)CN(c1ccnc(C(=O)NCC3CCCO3)c1)CC2. The summed E-state index contributed by atoms with van der Waals surface area (Å²) < 4.78 is 16.4. The summed E-state index contributed by atoms with van der Waals surface area (Å²) >= 11 is 0. The van der Waals surface area contributed by atoms with Gasteiger partial charge in [-0.25, -0.2) is 0 Å². The topological polar surface area (TPSA) is 72.9 Å². The molecule has 0 radical (unpaired) electrons. The first-order chi connectivity index (χ1) is 14.2. The van der Waals surface area contributed by atoms with Crippen LogP contribution in [0.2, 0.25) is 0 Å². The van der Waals surface area contributed by atoms with Gasteiger partial charge in [-0.2, -0.15) is 0 Å². The minimum atomic E-state index is -0.161. The predicted molar refractivity (Wildman–Crippen MR) is 110 cm³/mol. The van der Waals surface area contributed by atoms with Crippen molar-refractivity contribution in [3.05, 3.63) is 47.3 Å². The monoisotopic (exact) mass is 397 g/mol. The molecule has 1 N–H and O–H groups in total. The summed E-state index contributed by atoms with van der Waals surface area (Å²) in [5.74, 6) is 1.33. The zero-order valence-electron chi connectivity index (χ0n) is 16.9. The number of nitrogens with one attached hydrogen (secondary N) is 1. The third kappa shape index (κ3) is 4.29. The zero-order chi connectivity index (χ0) is 20.2. The number of rotatable bonds is 6. The van der Waals surface area contributed by atoms with Gasteiger partial charge in [0, 0.05) is 38.1 Å². The van der Waals surface area contributed by atoms with Crippen molar-refractivity contribution in [2.45, 2.75) is 31.9 Å². The standard InChI is InChI=1S/C22H27N3O4/c1-27-20-10-15-6-8-25(14-16(15)11-21(20)28-2)17-5-7-23-19(12-17)22(26)24-13-18-4-3-9-29-18/h5,7,10-12,18H,3-4,6,8-9,13-14H2,1-2H3,(H,24,26). The van der Waals surface area contributed by atoms with Gasteiger partial charge in [-0.15, -0.1) is 0 Å². The molecule has 1 amide bonds. The number of ether oxygens (including phenoxy) is 3. The van der Waals surface area contributed by atoms with E-state index in [1.807, 2.05) is 18.2 Å². The van der Waals surface area contributed by atoms with E-state index in [1.54, 1.807) is 20.4 Å². The number of carbonyl (C=O) groups excluding carboxylic acids is 1. The van der Waals surface area contributed by atoms with Crippen LogP contribution in [0.25, 0.3) is 0 Å². The highest BCUT2D eigenvalue weighted by Gasteiger charge is 2.21. The summed E-state index contributed by atoms with van der Waals surface area (Å²) in [6.07, 6.45) is 4.77. The third-order valence-corrected chi connectivity index (χ3v) is 5.57. The van der Waals surface area contributed by atoms with Crippen molar-refractivity contribution in [1.82, 2.24) is 10.3 Å². The Hall–Kier alpha value is -2.80. The van der Waals surface area contributed by atoms with E-state index in [0.717, 1.165) is 56.1 Å². The van der Waals surface area contributed by atoms with Gasteiger partial charge in [0.2, 0.25) is 0 Å². The number of amides is 1. The van der Waals surface area contributed by atoms with Crippen LogP contribution in [0.15, 0.2) is 30.5 Å². The van der Waals surface area contributed by atoms with Crippen LogP contribution in [0.4, 0.5) is 5.69 Å². The van der Waals surface area contributed by atoms with Crippen molar-refractivity contribution >= 4 is 11.6 Å². The van der Waals surface area contributed by atoms with Crippen molar-refractivity contribution in [3.63, 3.8) is 0 Å². The number of fused-ring (bicyclic) bond motifs is 1. The quantitative estimate of drug-likeness (QED) is 0.808. The highest BCUT2D eigenvalue weighted by atomic mass is 16.5. The summed E-state index contributed by atoms with van der Waals surface area (Å²) in [7, 11) is 3.30. The largest absolute Gasteiger partial charge is 0.493 e. The van der Waals surface area contributed by atoms with Crippen LogP contribution in [0.1, 0.15) is 34.5 Å². The van der Waals surface area contributed by atoms with Crippen molar-refractivity contribution in [1.29, 1.82) is 0 Å². The summed E-state index contributed by atoms with van der Waals surface area (Å²) in [6.45, 7) is 2.92. The van der Waals surface area contributed by atoms with Gasteiger partial charge in [0.25, 0.3) is 5.91 Å². The summed E-state index contributed by atoms with van der Waals surface area (Å²) in [5, 5.41) is 2.94. The van der Waals surface area contributed by atoms with E-state index in [9.17, 15) is 4.79 Å². The van der Waals surface area contributed by atoms with Gasteiger partial charge >= 0.3 is 0 Å². The minimum absolute atomic E-state index is 0.118. The molecule has 1 saturated heterocycles. The molecule has 1 aromatic heterocycles. The fraction of sp³-hybridized carbons (Fsp3) is 0.455. The predicted octanol–water partition coefficient (Wildman–Crippen LogP) is 2.57. The summed E-state index contributed by atoms with van der Waals surface area (Å²) in [5.41, 5.74) is 3.89. The molecule has 2 aliphatic rings. The molecule has 1 fully saturated rings. The zero-order valence-corrected chi connectivity index (χ0v) is 16.9. The maximum atomic E-state index is 12.5. The number of benzene rings is 1. The second-order valence-corrected chi connectivity index (χ2v) is 7.39. The smallest absolute Gasteiger partial charge is 0.270 e. The van der Waals surface area contributed by atoms with Gasteiger partial charge in [-0.05, 0) is 54.7 Å². The Morgan fingerprint density at radius 3 is 2.76 bits per heavy atom. The Morgan fingerprint density at radius 1 is 1.24 bits per heavy atom. The molecule has 154 valence electrons. The first kappa shape index (κ1) is 19.5. The summed E-state index contributed by atoms with van der Waals surface area (Å²) in [4.78, 5) is 19.0. The second kappa shape index (κ2) is 8.69. The van der Waals surface area contributed by atoms with Crippen LogP contribution in [-0.2, 0) is 17.7 Å². The molecule has 2 aromatic rings. The van der Waals surface area contributed by atoms with Crippen molar-refractivity contribution in [2.75, 3.05) is 38.8 Å². The van der Waals surface area contributed by atoms with E-state index in [0.29, 0.717) is 12.2 Å². The lowest BCUT2D eigenvalue weighted by atomic mass is 9.98. The molecular weight excluding hydrogens is 370 g/mol. The molecule has 0 saturated carbocycles. The number of aromatic nitrogens is 1. The number of pyridine rings is 1. The molecule has 1 aromatic carbocycles. The molecule has 29 heavy (non-hydrogen) atoms. The second-order valence-electron chi connectivity index (χ2n) is 7.39. The van der Waals surface area contributed by atoms with Gasteiger partial charge in [-0.3, -0.25) is 9.78 Å². The molecule has 1 unspecified atom stereocenters. The maximum absolute atomic E-state index is 12.5. The van der Waals surface area contributed by atoms with E-state index in [2.05, 4.69) is 21.3 Å². The molecule has 7 heteroatoms. The van der Waals surface area contributed by atoms with Crippen LogP contribution in [-0.4, -0.2) is 50.9 Å². The molecule has 7 nitrogen and oxygen atoms in total. The molecule has 0 bridgehead atoms. The molecule has 1 atom stereocenters. The normalized spacial score (nSPS) is 18.3. The average molecular weight is 397 g/mol. The lowest BCUT2D eigenvalue weighted by Gasteiger charge is -2.31. The first-order valence-corrected chi connectivity index (χ1v) is 10.0. The molecule has 3 heterocycles. The van der Waals surface area contributed by atoms with E-state index in [-0.39, 0.29) is 12.0 Å². The molecule has 2 aliphatic heterocycles. The van der Waals surface area contributed by atoms with Gasteiger partial charge in [0.15, 0.2) is 11.5 Å². The van der Waals surface area contributed by atoms with Crippen molar-refractivity contribution in [2.24, 2.45) is 0 Å². The first-order valence-electron chi connectivity index (χ1n) is 10.0. The number of hydrogen-bond acceptors (Lipinski definition) is 6. The van der Waals surface area contributed by atoms with E-state index in [1.165, 1.54) is 11.1 Å². The Morgan fingerprint density at radius 2 is 2.03 bits per heavy atom. The lowest BCUT2D eigenvalue weighted by Crippen LogP contribution is -2.33. The van der Waals surface area contributed by atoms with Gasteiger partial charge < -0.3 is 24.4 Å². The molecular formula is C22H27N3O4. The third-order valence-electron chi connectivity index (χ3n) is 5.57. The van der Waals surface area contributed by atoms with Crippen LogP contribution in [0.5, 0.6) is 11.5 Å². The van der Waals surface area contributed by atoms with Crippen LogP contribution in [0, 0.1) is 0 Å². The number of methoxy groups -OCH3 is 2. The summed E-state index contributed by atoms with van der Waals surface area (Å²) in [6, 6.07) is 7.90. The van der Waals surface area contributed by atoms with Gasteiger partial charge in [0.05, 0.1) is 20.3 Å². The fourth-order valence-corrected chi connectivity index (χ4v) is 3.95. The maximum Gasteiger partial charge on any atom is 0.270 e. The van der Waals surface area contributed by atoms with Gasteiger partial charge in [-0.1, -0.05) is 0 Å². The van der Waals surface area contributed by atoms with E-state index >= 15 is 0 Å². The average Bonchev–Trinajstić information content (AvgIpc) is 3.29. The number of carbonyl (C=O) groups is 1. The Kier molecular flexibility index (Phi) is 5.85. The Bertz CT molecular complexity index is 880. The van der Waals surface area contributed by atoms with Crippen LogP contribution in [0.3, 0.4) is 0 Å². The van der Waals surface area contributed by atoms with Crippen molar-refractivity contribution < 1.29 is 19.0 Å². The fourth-order valence-electron chi connectivity index (χ4n) is 3.95. The molecule has 4 rings (SSSR count). The van der Waals surface area contributed by atoms with E-state index in [4.69, 9.17) is 14.2 Å². The molecule has 0 spiro atoms. The minimum Gasteiger partial charge on any atom is -0.493 e. The molecule has 0 aliphatic carbocycles.